The van der Waals surface area contributed by atoms with Crippen LogP contribution >= 0.6 is 0 Å². The van der Waals surface area contributed by atoms with Crippen molar-refractivity contribution in [3.8, 4) is 11.5 Å². The summed E-state index contributed by atoms with van der Waals surface area (Å²) in [4.78, 5) is 7.68. The van der Waals surface area contributed by atoms with Crippen LogP contribution in [-0.2, 0) is 6.54 Å². The van der Waals surface area contributed by atoms with Crippen LogP contribution < -0.4 is 4.74 Å². The van der Waals surface area contributed by atoms with Crippen LogP contribution in [0.1, 0.15) is 38.7 Å². The zero-order valence-electron chi connectivity index (χ0n) is 17.7. The van der Waals surface area contributed by atoms with E-state index in [1.54, 1.807) is 13.2 Å². The third kappa shape index (κ3) is 5.17. The highest BCUT2D eigenvalue weighted by Gasteiger charge is 2.33. The average molecular weight is 392 g/mol. The normalized spacial score (nSPS) is 23.4. The van der Waals surface area contributed by atoms with Gasteiger partial charge in [-0.15, -0.1) is 0 Å². The minimum absolute atomic E-state index is 0.197. The van der Waals surface area contributed by atoms with Crippen LogP contribution in [0, 0.1) is 0 Å². The van der Waals surface area contributed by atoms with Crippen molar-refractivity contribution in [3.63, 3.8) is 0 Å². The molecule has 1 atom stereocenters. The fraction of sp³-hybridized carbons (Fsp3) is 0.727. The molecule has 2 aliphatic heterocycles. The number of piperidine rings is 1. The largest absolute Gasteiger partial charge is 0.504 e. The van der Waals surface area contributed by atoms with Crippen molar-refractivity contribution in [1.29, 1.82) is 0 Å². The van der Waals surface area contributed by atoms with E-state index in [1.165, 1.54) is 25.9 Å². The molecule has 0 amide bonds. The maximum atomic E-state index is 10.0. The summed E-state index contributed by atoms with van der Waals surface area (Å²) in [6.07, 6.45) is 3.29. The smallest absolute Gasteiger partial charge is 0.160 e. The molecule has 1 unspecified atom stereocenters. The van der Waals surface area contributed by atoms with Gasteiger partial charge < -0.3 is 19.8 Å². The first kappa shape index (κ1) is 21.4. The highest BCUT2D eigenvalue weighted by molar-refractivity contribution is 5.41. The molecule has 2 fully saturated rings. The quantitative estimate of drug-likeness (QED) is 0.743. The number of aliphatic hydroxyl groups is 1. The van der Waals surface area contributed by atoms with Crippen molar-refractivity contribution < 1.29 is 14.9 Å². The Morgan fingerprint density at radius 3 is 2.50 bits per heavy atom. The number of phenolic OH excluding ortho intramolecular Hbond substituents is 1. The Hall–Kier alpha value is -1.34. The lowest BCUT2D eigenvalue weighted by molar-refractivity contribution is -0.0000423. The topological polar surface area (TPSA) is 59.4 Å². The number of piperazine rings is 1. The van der Waals surface area contributed by atoms with Crippen molar-refractivity contribution in [2.24, 2.45) is 0 Å². The molecule has 28 heavy (non-hydrogen) atoms. The van der Waals surface area contributed by atoms with Crippen LogP contribution in [0.2, 0.25) is 0 Å². The Morgan fingerprint density at radius 2 is 1.89 bits per heavy atom. The summed E-state index contributed by atoms with van der Waals surface area (Å²) in [5.41, 5.74) is 1.10. The SMILES string of the molecule is COc1ccc(CN2CCN(C3CCN(C(C)C)CC3)C(CCO)C2)cc1O. The zero-order chi connectivity index (χ0) is 20.1. The third-order valence-corrected chi connectivity index (χ3v) is 6.42. The number of hydrogen-bond donors (Lipinski definition) is 2. The Balaban J connectivity index is 1.59. The van der Waals surface area contributed by atoms with Gasteiger partial charge in [-0.1, -0.05) is 6.07 Å². The molecule has 0 radical (unpaired) electrons. The van der Waals surface area contributed by atoms with Gasteiger partial charge in [-0.2, -0.15) is 0 Å². The van der Waals surface area contributed by atoms with Crippen molar-refractivity contribution in [2.75, 3.05) is 46.4 Å². The molecule has 0 aromatic heterocycles. The molecule has 2 aliphatic rings. The summed E-state index contributed by atoms with van der Waals surface area (Å²) >= 11 is 0. The highest BCUT2D eigenvalue weighted by atomic mass is 16.5. The number of phenols is 1. The Labute approximate surface area is 169 Å². The van der Waals surface area contributed by atoms with Crippen molar-refractivity contribution in [3.05, 3.63) is 23.8 Å². The van der Waals surface area contributed by atoms with Crippen molar-refractivity contribution in [1.82, 2.24) is 14.7 Å². The summed E-state index contributed by atoms with van der Waals surface area (Å²) in [6, 6.07) is 7.32. The molecule has 6 heteroatoms. The highest BCUT2D eigenvalue weighted by Crippen LogP contribution is 2.28. The standard InChI is InChI=1S/C22H37N3O3/c1-17(2)24-9-6-19(7-10-24)25-12-11-23(16-20(25)8-13-26)15-18-4-5-22(28-3)21(27)14-18/h4-5,14,17,19-20,26-27H,6-13,15-16H2,1-3H3. The molecule has 2 saturated heterocycles. The number of benzene rings is 1. The maximum absolute atomic E-state index is 10.0. The van der Waals surface area contributed by atoms with Gasteiger partial charge in [-0.3, -0.25) is 9.80 Å². The predicted octanol–water partition coefficient (Wildman–Crippen LogP) is 2.14. The number of rotatable bonds is 7. The molecular formula is C22H37N3O3. The molecule has 1 aromatic carbocycles. The van der Waals surface area contributed by atoms with E-state index >= 15 is 0 Å². The van der Waals surface area contributed by atoms with Gasteiger partial charge in [0.15, 0.2) is 11.5 Å². The number of likely N-dealkylation sites (tertiary alicyclic amines) is 1. The number of aromatic hydroxyl groups is 1. The third-order valence-electron chi connectivity index (χ3n) is 6.42. The average Bonchev–Trinajstić information content (AvgIpc) is 2.69. The van der Waals surface area contributed by atoms with E-state index < -0.39 is 0 Å². The molecule has 2 heterocycles. The predicted molar refractivity (Wildman–Crippen MR) is 112 cm³/mol. The fourth-order valence-corrected chi connectivity index (χ4v) is 4.79. The van der Waals surface area contributed by atoms with Crippen molar-refractivity contribution >= 4 is 0 Å². The second-order valence-corrected chi connectivity index (χ2v) is 8.51. The number of methoxy groups -OCH3 is 1. The van der Waals surface area contributed by atoms with Crippen LogP contribution in [0.15, 0.2) is 18.2 Å². The minimum atomic E-state index is 0.197. The maximum Gasteiger partial charge on any atom is 0.160 e. The second kappa shape index (κ2) is 9.92. The number of nitrogens with zero attached hydrogens (tertiary/aromatic N) is 3. The number of hydrogen-bond acceptors (Lipinski definition) is 6. The van der Waals surface area contributed by atoms with Gasteiger partial charge in [0.2, 0.25) is 0 Å². The molecule has 0 bridgehead atoms. The lowest BCUT2D eigenvalue weighted by Crippen LogP contribution is -2.58. The van der Waals surface area contributed by atoms with Crippen molar-refractivity contribution in [2.45, 2.75) is 57.8 Å². The van der Waals surface area contributed by atoms with Crippen LogP contribution in [0.5, 0.6) is 11.5 Å². The van der Waals surface area contributed by atoms with E-state index in [2.05, 4.69) is 28.5 Å². The summed E-state index contributed by atoms with van der Waals surface area (Å²) in [7, 11) is 1.57. The molecule has 0 saturated carbocycles. The van der Waals surface area contributed by atoms with E-state index in [-0.39, 0.29) is 12.4 Å². The first-order chi connectivity index (χ1) is 13.5. The lowest BCUT2D eigenvalue weighted by Gasteiger charge is -2.48. The summed E-state index contributed by atoms with van der Waals surface area (Å²) in [6.45, 7) is 11.0. The van der Waals surface area contributed by atoms with E-state index in [9.17, 15) is 10.2 Å². The van der Waals surface area contributed by atoms with E-state index in [1.807, 2.05) is 12.1 Å². The number of ether oxygens (including phenoxy) is 1. The molecule has 158 valence electrons. The first-order valence-corrected chi connectivity index (χ1v) is 10.7. The molecule has 6 nitrogen and oxygen atoms in total. The summed E-state index contributed by atoms with van der Waals surface area (Å²) in [5.74, 6) is 0.710. The molecule has 3 rings (SSSR count). The van der Waals surface area contributed by atoms with Gasteiger partial charge in [-0.25, -0.2) is 0 Å². The van der Waals surface area contributed by atoms with Crippen LogP contribution in [0.25, 0.3) is 0 Å². The van der Waals surface area contributed by atoms with Gasteiger partial charge in [0.05, 0.1) is 7.11 Å². The molecule has 0 aliphatic carbocycles. The Kier molecular flexibility index (Phi) is 7.57. The zero-order valence-corrected chi connectivity index (χ0v) is 17.7. The summed E-state index contributed by atoms with van der Waals surface area (Å²) < 4.78 is 5.14. The lowest BCUT2D eigenvalue weighted by atomic mass is 9.97. The molecule has 1 aromatic rings. The summed E-state index contributed by atoms with van der Waals surface area (Å²) in [5, 5.41) is 19.7. The minimum Gasteiger partial charge on any atom is -0.504 e. The molecule has 0 spiro atoms. The van der Waals surface area contributed by atoms with Gasteiger partial charge in [0.25, 0.3) is 0 Å². The van der Waals surface area contributed by atoms with E-state index in [0.29, 0.717) is 23.9 Å². The second-order valence-electron chi connectivity index (χ2n) is 8.51. The first-order valence-electron chi connectivity index (χ1n) is 10.7. The van der Waals surface area contributed by atoms with Crippen LogP contribution in [0.3, 0.4) is 0 Å². The van der Waals surface area contributed by atoms with Gasteiger partial charge in [0, 0.05) is 50.9 Å². The van der Waals surface area contributed by atoms with Crippen LogP contribution in [-0.4, -0.2) is 89.5 Å². The monoisotopic (exact) mass is 391 g/mol. The van der Waals surface area contributed by atoms with Gasteiger partial charge >= 0.3 is 0 Å². The van der Waals surface area contributed by atoms with Gasteiger partial charge in [0.1, 0.15) is 0 Å². The molecular weight excluding hydrogens is 354 g/mol. The molecule has 2 N–H and O–H groups in total. The number of aliphatic hydroxyl groups excluding tert-OH is 1. The fourth-order valence-electron chi connectivity index (χ4n) is 4.79. The van der Waals surface area contributed by atoms with E-state index in [4.69, 9.17) is 4.74 Å². The Bertz CT molecular complexity index is 617. The van der Waals surface area contributed by atoms with E-state index in [0.717, 1.165) is 38.2 Å². The Morgan fingerprint density at radius 1 is 1.14 bits per heavy atom. The van der Waals surface area contributed by atoms with Gasteiger partial charge in [-0.05, 0) is 63.9 Å². The van der Waals surface area contributed by atoms with Crippen LogP contribution in [0.4, 0.5) is 0 Å².